The SMILES string of the molecule is Cc1cc(C2=CC(c3cc(Cl)cc(Cl)c3)(C(F)(F)F)NO2)ccc1C(=O)NCc1ccccn1. The highest BCUT2D eigenvalue weighted by Crippen LogP contribution is 2.46. The molecule has 1 amide bonds. The van der Waals surface area contributed by atoms with Crippen molar-refractivity contribution >= 4 is 34.9 Å². The number of carbonyl (C=O) groups is 1. The van der Waals surface area contributed by atoms with Gasteiger partial charge in [0.25, 0.3) is 5.91 Å². The van der Waals surface area contributed by atoms with Crippen molar-refractivity contribution in [2.45, 2.75) is 25.2 Å². The van der Waals surface area contributed by atoms with Crippen molar-refractivity contribution in [1.82, 2.24) is 15.8 Å². The van der Waals surface area contributed by atoms with Crippen molar-refractivity contribution in [2.75, 3.05) is 0 Å². The smallest absolute Gasteiger partial charge is 0.407 e. The molecule has 0 bridgehead atoms. The fourth-order valence-corrected chi connectivity index (χ4v) is 4.13. The maximum absolute atomic E-state index is 14.2. The van der Waals surface area contributed by atoms with Gasteiger partial charge in [0.05, 0.1) is 12.2 Å². The van der Waals surface area contributed by atoms with Gasteiger partial charge in [-0.05, 0) is 66.6 Å². The summed E-state index contributed by atoms with van der Waals surface area (Å²) >= 11 is 11.9. The minimum Gasteiger partial charge on any atom is -0.407 e. The Morgan fingerprint density at radius 2 is 1.85 bits per heavy atom. The van der Waals surface area contributed by atoms with E-state index in [0.29, 0.717) is 22.4 Å². The van der Waals surface area contributed by atoms with Crippen LogP contribution >= 0.6 is 23.2 Å². The third-order valence-corrected chi connectivity index (χ3v) is 5.78. The molecule has 5 nitrogen and oxygen atoms in total. The minimum absolute atomic E-state index is 0.0445. The summed E-state index contributed by atoms with van der Waals surface area (Å²) in [5.74, 6) is -0.371. The summed E-state index contributed by atoms with van der Waals surface area (Å²) in [7, 11) is 0. The maximum atomic E-state index is 14.2. The zero-order valence-corrected chi connectivity index (χ0v) is 19.2. The number of benzene rings is 2. The Morgan fingerprint density at radius 3 is 2.47 bits per heavy atom. The molecule has 0 saturated heterocycles. The molecule has 2 heterocycles. The molecule has 0 spiro atoms. The van der Waals surface area contributed by atoms with E-state index in [4.69, 9.17) is 28.0 Å². The molecular formula is C24H18Cl2F3N3O2. The van der Waals surface area contributed by atoms with E-state index in [1.807, 2.05) is 6.07 Å². The number of aryl methyl sites for hydroxylation is 1. The highest BCUT2D eigenvalue weighted by atomic mass is 35.5. The van der Waals surface area contributed by atoms with Gasteiger partial charge >= 0.3 is 6.18 Å². The normalized spacial score (nSPS) is 17.8. The van der Waals surface area contributed by atoms with Gasteiger partial charge in [0.1, 0.15) is 0 Å². The van der Waals surface area contributed by atoms with Gasteiger partial charge in [-0.2, -0.15) is 13.2 Å². The second-order valence-electron chi connectivity index (χ2n) is 7.71. The van der Waals surface area contributed by atoms with Crippen LogP contribution in [-0.2, 0) is 16.9 Å². The molecule has 1 aromatic heterocycles. The van der Waals surface area contributed by atoms with Crippen LogP contribution < -0.4 is 10.8 Å². The van der Waals surface area contributed by atoms with Gasteiger partial charge in [-0.3, -0.25) is 9.78 Å². The van der Waals surface area contributed by atoms with E-state index >= 15 is 0 Å². The number of hydroxylamine groups is 1. The van der Waals surface area contributed by atoms with E-state index in [9.17, 15) is 18.0 Å². The molecule has 2 aromatic carbocycles. The van der Waals surface area contributed by atoms with Gasteiger partial charge in [-0.25, -0.2) is 0 Å². The van der Waals surface area contributed by atoms with Gasteiger partial charge in [0, 0.05) is 27.4 Å². The Hall–Kier alpha value is -3.07. The fraction of sp³-hybridized carbons (Fsp3) is 0.167. The van der Waals surface area contributed by atoms with Gasteiger partial charge in [-0.15, -0.1) is 5.48 Å². The first-order valence-electron chi connectivity index (χ1n) is 10.1. The summed E-state index contributed by atoms with van der Waals surface area (Å²) < 4.78 is 42.6. The largest absolute Gasteiger partial charge is 0.417 e. The lowest BCUT2D eigenvalue weighted by Gasteiger charge is -2.29. The topological polar surface area (TPSA) is 63.2 Å². The molecule has 3 aromatic rings. The third kappa shape index (κ3) is 4.75. The second kappa shape index (κ2) is 9.29. The van der Waals surface area contributed by atoms with Crippen LogP contribution in [0.2, 0.25) is 10.0 Å². The number of rotatable bonds is 5. The second-order valence-corrected chi connectivity index (χ2v) is 8.58. The monoisotopic (exact) mass is 507 g/mol. The Kier molecular flexibility index (Phi) is 6.58. The van der Waals surface area contributed by atoms with E-state index in [-0.39, 0.29) is 33.8 Å². The molecule has 0 saturated carbocycles. The number of alkyl halides is 3. The average molecular weight is 508 g/mol. The molecule has 1 aliphatic heterocycles. The number of amides is 1. The first-order valence-corrected chi connectivity index (χ1v) is 10.8. The molecule has 2 N–H and O–H groups in total. The van der Waals surface area contributed by atoms with Crippen molar-refractivity contribution in [3.05, 3.63) is 105 Å². The van der Waals surface area contributed by atoms with E-state index < -0.39 is 11.7 Å². The Labute approximate surface area is 203 Å². The number of nitrogens with one attached hydrogen (secondary N) is 2. The fourth-order valence-electron chi connectivity index (χ4n) is 3.60. The van der Waals surface area contributed by atoms with E-state index in [2.05, 4.69) is 15.8 Å². The summed E-state index contributed by atoms with van der Waals surface area (Å²) in [6.07, 6.45) is -2.20. The number of halogens is 5. The van der Waals surface area contributed by atoms with Gasteiger partial charge < -0.3 is 10.2 Å². The molecule has 34 heavy (non-hydrogen) atoms. The number of carbonyl (C=O) groups excluding carboxylic acids is 1. The number of aromatic nitrogens is 1. The van der Waals surface area contributed by atoms with Crippen molar-refractivity contribution in [1.29, 1.82) is 0 Å². The van der Waals surface area contributed by atoms with Crippen LogP contribution in [0, 0.1) is 6.92 Å². The number of pyridine rings is 1. The predicted molar refractivity (Wildman–Crippen MR) is 123 cm³/mol. The quantitative estimate of drug-likeness (QED) is 0.447. The molecule has 1 aliphatic rings. The van der Waals surface area contributed by atoms with Crippen LogP contribution in [0.25, 0.3) is 5.76 Å². The predicted octanol–water partition coefficient (Wildman–Crippen LogP) is 5.96. The lowest BCUT2D eigenvalue weighted by molar-refractivity contribution is -0.201. The van der Waals surface area contributed by atoms with Gasteiger partial charge in [0.2, 0.25) is 0 Å². The van der Waals surface area contributed by atoms with Crippen molar-refractivity contribution in [2.24, 2.45) is 0 Å². The molecule has 1 atom stereocenters. The van der Waals surface area contributed by atoms with Crippen molar-refractivity contribution in [3.63, 3.8) is 0 Å². The number of hydrogen-bond acceptors (Lipinski definition) is 4. The summed E-state index contributed by atoms with van der Waals surface area (Å²) in [5, 5.41) is 2.90. The first kappa shape index (κ1) is 24.1. The van der Waals surface area contributed by atoms with E-state index in [0.717, 1.165) is 6.08 Å². The van der Waals surface area contributed by atoms with Crippen LogP contribution in [0.5, 0.6) is 0 Å². The molecule has 0 radical (unpaired) electrons. The van der Waals surface area contributed by atoms with E-state index in [1.54, 1.807) is 31.3 Å². The van der Waals surface area contributed by atoms with Crippen molar-refractivity contribution in [3.8, 4) is 0 Å². The average Bonchev–Trinajstić information content (AvgIpc) is 3.25. The van der Waals surface area contributed by atoms with Crippen LogP contribution in [-0.4, -0.2) is 17.1 Å². The zero-order chi connectivity index (χ0) is 24.5. The van der Waals surface area contributed by atoms with Crippen LogP contribution in [0.3, 0.4) is 0 Å². The summed E-state index contributed by atoms with van der Waals surface area (Å²) in [5.41, 5.74) is 1.26. The highest BCUT2D eigenvalue weighted by molar-refractivity contribution is 6.34. The van der Waals surface area contributed by atoms with Crippen LogP contribution in [0.4, 0.5) is 13.2 Å². The molecule has 4 rings (SSSR count). The summed E-state index contributed by atoms with van der Waals surface area (Å²) in [6, 6.07) is 13.7. The maximum Gasteiger partial charge on any atom is 0.417 e. The first-order chi connectivity index (χ1) is 16.1. The molecule has 0 fully saturated rings. The molecular weight excluding hydrogens is 490 g/mol. The number of hydrogen-bond donors (Lipinski definition) is 2. The summed E-state index contributed by atoms with van der Waals surface area (Å²) in [4.78, 5) is 22.0. The van der Waals surface area contributed by atoms with Gasteiger partial charge in [-0.1, -0.05) is 35.3 Å². The Morgan fingerprint density at radius 1 is 1.12 bits per heavy atom. The standard InChI is InChI=1S/C24H18Cl2F3N3O2/c1-14-8-15(5-6-20(14)22(33)31-13-19-4-2-3-7-30-19)21-12-23(32-34-21,24(27,28)29)16-9-17(25)11-18(26)10-16/h2-12,32H,13H2,1H3,(H,31,33). The molecule has 0 aliphatic carbocycles. The molecule has 10 heteroatoms. The third-order valence-electron chi connectivity index (χ3n) is 5.35. The molecule has 176 valence electrons. The van der Waals surface area contributed by atoms with E-state index in [1.165, 1.54) is 30.3 Å². The summed E-state index contributed by atoms with van der Waals surface area (Å²) in [6.45, 7) is 1.94. The Bertz CT molecular complexity index is 1250. The van der Waals surface area contributed by atoms with Crippen LogP contribution in [0.1, 0.15) is 32.7 Å². The molecule has 1 unspecified atom stereocenters. The van der Waals surface area contributed by atoms with Crippen molar-refractivity contribution < 1.29 is 22.8 Å². The van der Waals surface area contributed by atoms with Crippen LogP contribution in [0.15, 0.2) is 66.9 Å². The Balaban J connectivity index is 1.61. The minimum atomic E-state index is -4.76. The number of nitrogens with zero attached hydrogens (tertiary/aromatic N) is 1. The lowest BCUT2D eigenvalue weighted by Crippen LogP contribution is -2.49. The zero-order valence-electron chi connectivity index (χ0n) is 17.7. The lowest BCUT2D eigenvalue weighted by atomic mass is 9.89. The van der Waals surface area contributed by atoms with Gasteiger partial charge in [0.15, 0.2) is 11.3 Å². The highest BCUT2D eigenvalue weighted by Gasteiger charge is 2.58.